The summed E-state index contributed by atoms with van der Waals surface area (Å²) in [5.74, 6) is 0.118. The molecule has 5 nitrogen and oxygen atoms in total. The number of nitrogens with one attached hydrogen (secondary N) is 1. The average molecular weight is 290 g/mol. The van der Waals surface area contributed by atoms with Gasteiger partial charge in [-0.1, -0.05) is 13.8 Å². The van der Waals surface area contributed by atoms with Gasteiger partial charge in [-0.3, -0.25) is 4.79 Å². The normalized spacial score (nSPS) is 14.2. The molecule has 0 saturated heterocycles. The van der Waals surface area contributed by atoms with Crippen molar-refractivity contribution >= 4 is 23.6 Å². The quantitative estimate of drug-likeness (QED) is 0.564. The second-order valence-corrected chi connectivity index (χ2v) is 6.16. The molecule has 0 aromatic rings. The first kappa shape index (κ1) is 18.2. The van der Waals surface area contributed by atoms with Crippen molar-refractivity contribution in [3.63, 3.8) is 0 Å². The van der Waals surface area contributed by atoms with Gasteiger partial charge in [0, 0.05) is 6.42 Å². The Balaban J connectivity index is 4.27. The molecule has 0 bridgehead atoms. The molecule has 0 saturated carbocycles. The van der Waals surface area contributed by atoms with E-state index in [-0.39, 0.29) is 11.8 Å². The first-order valence-electron chi connectivity index (χ1n) is 6.61. The molecule has 4 N–H and O–H groups in total. The maximum Gasteiger partial charge on any atom is 0.326 e. The number of nitrogens with two attached hydrogens (primary N) is 1. The van der Waals surface area contributed by atoms with Crippen molar-refractivity contribution in [3.05, 3.63) is 0 Å². The molecule has 112 valence electrons. The predicted octanol–water partition coefficient (Wildman–Crippen LogP) is 1.32. The molecule has 0 aromatic heterocycles. The van der Waals surface area contributed by atoms with E-state index in [0.717, 1.165) is 6.42 Å². The summed E-state index contributed by atoms with van der Waals surface area (Å²) in [6, 6.07) is -0.794. The van der Waals surface area contributed by atoms with E-state index in [2.05, 4.69) is 19.2 Å². The molecule has 0 spiro atoms. The van der Waals surface area contributed by atoms with Crippen molar-refractivity contribution < 1.29 is 14.7 Å². The lowest BCUT2D eigenvalue weighted by Gasteiger charge is -2.19. The number of hydrogen-bond donors (Lipinski definition) is 3. The van der Waals surface area contributed by atoms with Gasteiger partial charge in [-0.15, -0.1) is 0 Å². The highest BCUT2D eigenvalue weighted by molar-refractivity contribution is 7.98. The van der Waals surface area contributed by atoms with E-state index in [4.69, 9.17) is 10.8 Å². The fourth-order valence-electron chi connectivity index (χ4n) is 1.94. The van der Waals surface area contributed by atoms with Crippen LogP contribution in [0.2, 0.25) is 0 Å². The highest BCUT2D eigenvalue weighted by atomic mass is 32.2. The number of thioether (sulfide) groups is 1. The number of rotatable bonds is 10. The van der Waals surface area contributed by atoms with Gasteiger partial charge in [0.15, 0.2) is 0 Å². The van der Waals surface area contributed by atoms with Gasteiger partial charge in [-0.05, 0) is 43.2 Å². The summed E-state index contributed by atoms with van der Waals surface area (Å²) < 4.78 is 0. The highest BCUT2D eigenvalue weighted by Gasteiger charge is 2.21. The Hall–Kier alpha value is -0.750. The number of amides is 1. The smallest absolute Gasteiger partial charge is 0.326 e. The van der Waals surface area contributed by atoms with Crippen LogP contribution in [0.3, 0.4) is 0 Å². The number of carbonyl (C=O) groups excluding carboxylic acids is 1. The SMILES string of the molecule is CSCC[C@@H](NC(=O)CC(CN)CC(C)C)C(=O)O. The summed E-state index contributed by atoms with van der Waals surface area (Å²) in [7, 11) is 0. The van der Waals surface area contributed by atoms with E-state index in [9.17, 15) is 9.59 Å². The van der Waals surface area contributed by atoms with Crippen LogP contribution in [0.1, 0.15) is 33.1 Å². The molecule has 19 heavy (non-hydrogen) atoms. The Bertz CT molecular complexity index is 285. The Kier molecular flexibility index (Phi) is 9.69. The van der Waals surface area contributed by atoms with Crippen molar-refractivity contribution in [2.45, 2.75) is 39.2 Å². The number of aliphatic carboxylic acids is 1. The number of carboxylic acid groups (broad SMARTS) is 1. The first-order valence-corrected chi connectivity index (χ1v) is 8.01. The standard InChI is InChI=1S/C13H26N2O3S/c1-9(2)6-10(8-14)7-12(16)15-11(13(17)18)4-5-19-3/h9-11H,4-8,14H2,1-3H3,(H,15,16)(H,17,18)/t10?,11-/m1/s1. The molecule has 2 atom stereocenters. The molecule has 6 heteroatoms. The zero-order valence-corrected chi connectivity index (χ0v) is 12.8. The van der Waals surface area contributed by atoms with Gasteiger partial charge < -0.3 is 16.2 Å². The molecule has 0 aromatic carbocycles. The van der Waals surface area contributed by atoms with Crippen molar-refractivity contribution in [1.29, 1.82) is 0 Å². The number of hydrogen-bond acceptors (Lipinski definition) is 4. The molecule has 0 radical (unpaired) electrons. The lowest BCUT2D eigenvalue weighted by atomic mass is 9.94. The Labute approximate surface area is 119 Å². The minimum Gasteiger partial charge on any atom is -0.480 e. The third kappa shape index (κ3) is 8.88. The number of carboxylic acids is 1. The van der Waals surface area contributed by atoms with Crippen LogP contribution in [0, 0.1) is 11.8 Å². The Morgan fingerprint density at radius 1 is 1.37 bits per heavy atom. The van der Waals surface area contributed by atoms with Crippen LogP contribution in [-0.2, 0) is 9.59 Å². The third-order valence-electron chi connectivity index (χ3n) is 2.86. The molecular weight excluding hydrogens is 264 g/mol. The summed E-state index contributed by atoms with van der Waals surface area (Å²) >= 11 is 1.57. The lowest BCUT2D eigenvalue weighted by molar-refractivity contribution is -0.142. The van der Waals surface area contributed by atoms with E-state index >= 15 is 0 Å². The maximum atomic E-state index is 11.8. The second kappa shape index (κ2) is 10.1. The minimum absolute atomic E-state index is 0.120. The van der Waals surface area contributed by atoms with Gasteiger partial charge in [0.2, 0.25) is 5.91 Å². The molecule has 0 aliphatic rings. The lowest BCUT2D eigenvalue weighted by Crippen LogP contribution is -2.42. The van der Waals surface area contributed by atoms with Crippen molar-refractivity contribution in [2.75, 3.05) is 18.6 Å². The zero-order chi connectivity index (χ0) is 14.8. The summed E-state index contributed by atoms with van der Waals surface area (Å²) in [5.41, 5.74) is 5.64. The molecule has 1 amide bonds. The van der Waals surface area contributed by atoms with Gasteiger partial charge >= 0.3 is 5.97 Å². The van der Waals surface area contributed by atoms with E-state index in [1.807, 2.05) is 6.26 Å². The maximum absolute atomic E-state index is 11.8. The molecule has 0 rings (SSSR count). The fraction of sp³-hybridized carbons (Fsp3) is 0.846. The summed E-state index contributed by atoms with van der Waals surface area (Å²) in [6.07, 6.45) is 3.54. The molecule has 0 heterocycles. The topological polar surface area (TPSA) is 92.4 Å². The molecular formula is C13H26N2O3S. The second-order valence-electron chi connectivity index (χ2n) is 5.18. The largest absolute Gasteiger partial charge is 0.480 e. The number of carbonyl (C=O) groups is 2. The van der Waals surface area contributed by atoms with Crippen LogP contribution in [0.5, 0.6) is 0 Å². The van der Waals surface area contributed by atoms with Gasteiger partial charge in [0.1, 0.15) is 6.04 Å². The predicted molar refractivity (Wildman–Crippen MR) is 79.2 cm³/mol. The van der Waals surface area contributed by atoms with Crippen LogP contribution in [0.25, 0.3) is 0 Å². The average Bonchev–Trinajstić information content (AvgIpc) is 2.32. The fourth-order valence-corrected chi connectivity index (χ4v) is 2.41. The van der Waals surface area contributed by atoms with Crippen molar-refractivity contribution in [1.82, 2.24) is 5.32 Å². The van der Waals surface area contributed by atoms with Crippen LogP contribution in [0.4, 0.5) is 0 Å². The molecule has 1 unspecified atom stereocenters. The van der Waals surface area contributed by atoms with E-state index in [1.165, 1.54) is 0 Å². The first-order chi connectivity index (χ1) is 8.90. The summed E-state index contributed by atoms with van der Waals surface area (Å²) in [6.45, 7) is 4.62. The minimum atomic E-state index is -0.976. The summed E-state index contributed by atoms with van der Waals surface area (Å²) in [4.78, 5) is 22.9. The van der Waals surface area contributed by atoms with Crippen molar-refractivity contribution in [2.24, 2.45) is 17.6 Å². The van der Waals surface area contributed by atoms with Gasteiger partial charge in [-0.2, -0.15) is 11.8 Å². The van der Waals surface area contributed by atoms with Gasteiger partial charge in [0.25, 0.3) is 0 Å². The van der Waals surface area contributed by atoms with E-state index < -0.39 is 12.0 Å². The summed E-state index contributed by atoms with van der Waals surface area (Å²) in [5, 5.41) is 11.6. The Morgan fingerprint density at radius 2 is 2.00 bits per heavy atom. The Morgan fingerprint density at radius 3 is 2.42 bits per heavy atom. The monoisotopic (exact) mass is 290 g/mol. The van der Waals surface area contributed by atoms with E-state index in [0.29, 0.717) is 31.1 Å². The van der Waals surface area contributed by atoms with Crippen LogP contribution < -0.4 is 11.1 Å². The molecule has 0 aliphatic carbocycles. The van der Waals surface area contributed by atoms with E-state index in [1.54, 1.807) is 11.8 Å². The van der Waals surface area contributed by atoms with Crippen LogP contribution in [-0.4, -0.2) is 41.6 Å². The van der Waals surface area contributed by atoms with Crippen LogP contribution in [0.15, 0.2) is 0 Å². The van der Waals surface area contributed by atoms with Gasteiger partial charge in [-0.25, -0.2) is 4.79 Å². The third-order valence-corrected chi connectivity index (χ3v) is 3.50. The zero-order valence-electron chi connectivity index (χ0n) is 12.0. The van der Waals surface area contributed by atoms with Crippen LogP contribution >= 0.6 is 11.8 Å². The molecule has 0 aliphatic heterocycles. The molecule has 0 fully saturated rings. The highest BCUT2D eigenvalue weighted by Crippen LogP contribution is 2.14. The van der Waals surface area contributed by atoms with Crippen molar-refractivity contribution in [3.8, 4) is 0 Å². The van der Waals surface area contributed by atoms with Gasteiger partial charge in [0.05, 0.1) is 0 Å².